The van der Waals surface area contributed by atoms with Gasteiger partial charge in [-0.15, -0.1) is 6.58 Å². The largest absolute Gasteiger partial charge is 0.329 e. The van der Waals surface area contributed by atoms with Gasteiger partial charge in [0.15, 0.2) is 0 Å². The molecule has 0 fully saturated rings. The number of pyridine rings is 1. The summed E-state index contributed by atoms with van der Waals surface area (Å²) in [7, 11) is 0. The van der Waals surface area contributed by atoms with Gasteiger partial charge < -0.3 is 10.7 Å². The van der Waals surface area contributed by atoms with Crippen LogP contribution in [0.25, 0.3) is 0 Å². The van der Waals surface area contributed by atoms with E-state index in [9.17, 15) is 4.79 Å². The second-order valence-corrected chi connectivity index (χ2v) is 2.71. The molecule has 0 aromatic carbocycles. The molecule has 0 amide bonds. The van der Waals surface area contributed by atoms with Crippen LogP contribution in [0.1, 0.15) is 17.2 Å². The molecule has 1 unspecified atom stereocenters. The molecule has 0 saturated heterocycles. The average molecular weight is 164 g/mol. The van der Waals surface area contributed by atoms with Crippen molar-refractivity contribution < 1.29 is 0 Å². The Balaban J connectivity index is 3.12. The first-order chi connectivity index (χ1) is 5.65. The minimum absolute atomic E-state index is 0.0741. The van der Waals surface area contributed by atoms with E-state index in [4.69, 9.17) is 5.73 Å². The molecular formula is C9H12N2O. The van der Waals surface area contributed by atoms with Crippen molar-refractivity contribution in [1.82, 2.24) is 4.98 Å². The van der Waals surface area contributed by atoms with Gasteiger partial charge in [0.2, 0.25) is 0 Å². The fourth-order valence-corrected chi connectivity index (χ4v) is 0.948. The van der Waals surface area contributed by atoms with E-state index < -0.39 is 0 Å². The van der Waals surface area contributed by atoms with Crippen molar-refractivity contribution in [3.8, 4) is 0 Å². The molecule has 0 bridgehead atoms. The fraction of sp³-hybridized carbons (Fsp3) is 0.222. The molecule has 64 valence electrons. The Morgan fingerprint density at radius 3 is 2.92 bits per heavy atom. The molecule has 0 radical (unpaired) electrons. The van der Waals surface area contributed by atoms with Gasteiger partial charge in [-0.05, 0) is 18.6 Å². The maximum atomic E-state index is 11.0. The Bertz CT molecular complexity index is 341. The molecule has 3 nitrogen and oxygen atoms in total. The lowest BCUT2D eigenvalue weighted by molar-refractivity contribution is 0.895. The normalized spacial score (nSPS) is 12.5. The third-order valence-electron chi connectivity index (χ3n) is 1.75. The van der Waals surface area contributed by atoms with Crippen LogP contribution < -0.4 is 11.3 Å². The number of hydrogen-bond donors (Lipinski definition) is 2. The van der Waals surface area contributed by atoms with Crippen LogP contribution in [-0.2, 0) is 0 Å². The highest BCUT2D eigenvalue weighted by Crippen LogP contribution is 2.08. The van der Waals surface area contributed by atoms with Crippen molar-refractivity contribution in [3.05, 3.63) is 46.4 Å². The monoisotopic (exact) mass is 164 g/mol. The van der Waals surface area contributed by atoms with Gasteiger partial charge in [-0.2, -0.15) is 0 Å². The van der Waals surface area contributed by atoms with Gasteiger partial charge in [0.25, 0.3) is 5.56 Å². The number of nitrogens with two attached hydrogens (primary N) is 1. The zero-order valence-corrected chi connectivity index (χ0v) is 7.00. The Morgan fingerprint density at radius 1 is 1.75 bits per heavy atom. The first-order valence-electron chi connectivity index (χ1n) is 3.72. The van der Waals surface area contributed by atoms with E-state index in [2.05, 4.69) is 11.6 Å². The predicted octanol–water partition coefficient (Wildman–Crippen LogP) is 0.869. The van der Waals surface area contributed by atoms with E-state index in [1.807, 2.05) is 0 Å². The molecular weight excluding hydrogens is 152 g/mol. The van der Waals surface area contributed by atoms with Crippen molar-refractivity contribution in [2.45, 2.75) is 13.0 Å². The van der Waals surface area contributed by atoms with Crippen molar-refractivity contribution >= 4 is 0 Å². The maximum Gasteiger partial charge on any atom is 0.250 e. The summed E-state index contributed by atoms with van der Waals surface area (Å²) in [5, 5.41) is 0. The highest BCUT2D eigenvalue weighted by Gasteiger charge is 2.01. The van der Waals surface area contributed by atoms with E-state index in [-0.39, 0.29) is 11.6 Å². The summed E-state index contributed by atoms with van der Waals surface area (Å²) < 4.78 is 0. The SMILES string of the molecule is C=CC(N)c1c[nH]c(=O)c(C)c1. The summed E-state index contributed by atoms with van der Waals surface area (Å²) in [4.78, 5) is 13.6. The van der Waals surface area contributed by atoms with E-state index in [0.29, 0.717) is 5.56 Å². The molecule has 0 saturated carbocycles. The Kier molecular flexibility index (Phi) is 2.45. The topological polar surface area (TPSA) is 58.9 Å². The van der Waals surface area contributed by atoms with E-state index in [1.165, 1.54) is 0 Å². The highest BCUT2D eigenvalue weighted by atomic mass is 16.1. The molecule has 1 aromatic rings. The lowest BCUT2D eigenvalue weighted by Crippen LogP contribution is -2.13. The van der Waals surface area contributed by atoms with Gasteiger partial charge in [-0.3, -0.25) is 4.79 Å². The molecule has 1 heterocycles. The summed E-state index contributed by atoms with van der Waals surface area (Å²) in [5.74, 6) is 0. The quantitative estimate of drug-likeness (QED) is 0.637. The zero-order valence-electron chi connectivity index (χ0n) is 7.00. The predicted molar refractivity (Wildman–Crippen MR) is 48.9 cm³/mol. The van der Waals surface area contributed by atoms with Gasteiger partial charge in [-0.1, -0.05) is 6.08 Å². The van der Waals surface area contributed by atoms with Crippen LogP contribution in [0.2, 0.25) is 0 Å². The first kappa shape index (κ1) is 8.74. The van der Waals surface area contributed by atoms with Crippen LogP contribution in [0.5, 0.6) is 0 Å². The van der Waals surface area contributed by atoms with Crippen LogP contribution in [0, 0.1) is 6.92 Å². The van der Waals surface area contributed by atoms with Gasteiger partial charge in [0.05, 0.1) is 0 Å². The van der Waals surface area contributed by atoms with Crippen LogP contribution >= 0.6 is 0 Å². The summed E-state index contributed by atoms with van der Waals surface area (Å²) in [6.45, 7) is 5.32. The fourth-order valence-electron chi connectivity index (χ4n) is 0.948. The number of aryl methyl sites for hydroxylation is 1. The summed E-state index contributed by atoms with van der Waals surface area (Å²) >= 11 is 0. The summed E-state index contributed by atoms with van der Waals surface area (Å²) in [5.41, 5.74) is 7.15. The van der Waals surface area contributed by atoms with Gasteiger partial charge in [0, 0.05) is 17.8 Å². The molecule has 3 heteroatoms. The Hall–Kier alpha value is -1.35. The van der Waals surface area contributed by atoms with Gasteiger partial charge >= 0.3 is 0 Å². The molecule has 0 aliphatic heterocycles. The first-order valence-corrected chi connectivity index (χ1v) is 3.72. The van der Waals surface area contributed by atoms with Crippen LogP contribution in [-0.4, -0.2) is 4.98 Å². The number of aromatic nitrogens is 1. The molecule has 12 heavy (non-hydrogen) atoms. The number of hydrogen-bond acceptors (Lipinski definition) is 2. The minimum atomic E-state index is -0.208. The molecule has 1 rings (SSSR count). The van der Waals surface area contributed by atoms with Gasteiger partial charge in [-0.25, -0.2) is 0 Å². The van der Waals surface area contributed by atoms with Crippen LogP contribution in [0.4, 0.5) is 0 Å². The van der Waals surface area contributed by atoms with E-state index in [1.54, 1.807) is 25.3 Å². The molecule has 3 N–H and O–H groups in total. The number of H-pyrrole nitrogens is 1. The zero-order chi connectivity index (χ0) is 9.14. The molecule has 1 aromatic heterocycles. The summed E-state index contributed by atoms with van der Waals surface area (Å²) in [6.07, 6.45) is 3.24. The van der Waals surface area contributed by atoms with Gasteiger partial charge in [0.1, 0.15) is 0 Å². The minimum Gasteiger partial charge on any atom is -0.329 e. The molecule has 0 spiro atoms. The second-order valence-electron chi connectivity index (χ2n) is 2.71. The van der Waals surface area contributed by atoms with Crippen molar-refractivity contribution in [2.75, 3.05) is 0 Å². The Labute approximate surface area is 70.9 Å². The number of rotatable bonds is 2. The molecule has 1 atom stereocenters. The Morgan fingerprint density at radius 2 is 2.42 bits per heavy atom. The van der Waals surface area contributed by atoms with E-state index in [0.717, 1.165) is 5.56 Å². The van der Waals surface area contributed by atoms with Crippen molar-refractivity contribution in [2.24, 2.45) is 5.73 Å². The third kappa shape index (κ3) is 1.62. The second kappa shape index (κ2) is 3.36. The third-order valence-corrected chi connectivity index (χ3v) is 1.75. The maximum absolute atomic E-state index is 11.0. The standard InChI is InChI=1S/C9H12N2O/c1-3-8(10)7-4-6(2)9(12)11-5-7/h3-5,8H,1,10H2,2H3,(H,11,12). The number of nitrogens with one attached hydrogen (secondary N) is 1. The van der Waals surface area contributed by atoms with E-state index >= 15 is 0 Å². The lowest BCUT2D eigenvalue weighted by atomic mass is 10.1. The van der Waals surface area contributed by atoms with Crippen molar-refractivity contribution in [3.63, 3.8) is 0 Å². The smallest absolute Gasteiger partial charge is 0.250 e. The molecule has 0 aliphatic rings. The number of aromatic amines is 1. The average Bonchev–Trinajstić information content (AvgIpc) is 2.08. The lowest BCUT2D eigenvalue weighted by Gasteiger charge is -2.05. The van der Waals surface area contributed by atoms with Crippen LogP contribution in [0.3, 0.4) is 0 Å². The van der Waals surface area contributed by atoms with Crippen LogP contribution in [0.15, 0.2) is 29.7 Å². The van der Waals surface area contributed by atoms with Crippen molar-refractivity contribution in [1.29, 1.82) is 0 Å². The summed E-state index contributed by atoms with van der Waals surface area (Å²) in [6, 6.07) is 1.56. The molecule has 0 aliphatic carbocycles. The highest BCUT2D eigenvalue weighted by molar-refractivity contribution is 5.22.